The minimum atomic E-state index is -1.35. The van der Waals surface area contributed by atoms with Crippen LogP contribution in [0, 0.1) is 0 Å². The van der Waals surface area contributed by atoms with Crippen LogP contribution in [-0.2, 0) is 0 Å². The molecule has 1 aromatic rings. The molecule has 2 unspecified atom stereocenters. The van der Waals surface area contributed by atoms with E-state index >= 15 is 0 Å². The van der Waals surface area contributed by atoms with E-state index in [-0.39, 0.29) is 12.8 Å². The molecular formula is C15H13Cl2N3O2. The van der Waals surface area contributed by atoms with Crippen LogP contribution < -0.4 is 0 Å². The number of halogens is 2. The summed E-state index contributed by atoms with van der Waals surface area (Å²) in [5, 5.41) is 16.6. The van der Waals surface area contributed by atoms with Crippen LogP contribution in [0.2, 0.25) is 0 Å². The summed E-state index contributed by atoms with van der Waals surface area (Å²) in [4.78, 5) is 12.7. The van der Waals surface area contributed by atoms with Crippen LogP contribution in [-0.4, -0.2) is 35.3 Å². The molecule has 2 aliphatic rings. The molecule has 1 heterocycles. The molecular weight excluding hydrogens is 325 g/mol. The Morgan fingerprint density at radius 2 is 1.32 bits per heavy atom. The number of rotatable bonds is 2. The molecule has 2 atom stereocenters. The van der Waals surface area contributed by atoms with Gasteiger partial charge in [0.15, 0.2) is 21.8 Å². The Labute approximate surface area is 137 Å². The molecule has 2 N–H and O–H groups in total. The highest BCUT2D eigenvalue weighted by atomic mass is 35.5. The third kappa shape index (κ3) is 3.44. The van der Waals surface area contributed by atoms with E-state index in [2.05, 4.69) is 15.0 Å². The molecule has 22 heavy (non-hydrogen) atoms. The predicted octanol–water partition coefficient (Wildman–Crippen LogP) is 2.41. The fourth-order valence-corrected chi connectivity index (χ4v) is 2.40. The number of alkyl halides is 2. The second-order valence-electron chi connectivity index (χ2n) is 5.16. The zero-order valence-electron chi connectivity index (χ0n) is 11.4. The van der Waals surface area contributed by atoms with Crippen molar-refractivity contribution in [2.24, 2.45) is 0 Å². The van der Waals surface area contributed by atoms with E-state index in [4.69, 9.17) is 23.2 Å². The zero-order chi connectivity index (χ0) is 15.8. The molecule has 0 radical (unpaired) electrons. The van der Waals surface area contributed by atoms with Crippen LogP contribution in [0.3, 0.4) is 0 Å². The minimum absolute atomic E-state index is 0.281. The van der Waals surface area contributed by atoms with Gasteiger partial charge in [0.1, 0.15) is 6.33 Å². The van der Waals surface area contributed by atoms with Crippen LogP contribution in [0.25, 0.3) is 11.1 Å². The first kappa shape index (κ1) is 15.4. The molecule has 1 aromatic heterocycles. The van der Waals surface area contributed by atoms with Crippen molar-refractivity contribution in [3.05, 3.63) is 54.4 Å². The van der Waals surface area contributed by atoms with Crippen LogP contribution in [0.5, 0.6) is 0 Å². The van der Waals surface area contributed by atoms with E-state index in [1.54, 1.807) is 24.3 Å². The second-order valence-corrected chi connectivity index (χ2v) is 6.47. The highest BCUT2D eigenvalue weighted by Crippen LogP contribution is 2.30. The van der Waals surface area contributed by atoms with Gasteiger partial charge >= 0.3 is 0 Å². The third-order valence-corrected chi connectivity index (χ3v) is 3.90. The van der Waals surface area contributed by atoms with Crippen molar-refractivity contribution in [1.29, 1.82) is 0 Å². The largest absolute Gasteiger partial charge is 0.371 e. The van der Waals surface area contributed by atoms with E-state index in [1.165, 1.54) is 18.5 Å². The molecule has 7 heteroatoms. The van der Waals surface area contributed by atoms with E-state index in [0.717, 1.165) is 11.1 Å². The number of allylic oxidation sites excluding steroid dienone is 4. The summed E-state index contributed by atoms with van der Waals surface area (Å²) in [7, 11) is 0. The monoisotopic (exact) mass is 337 g/mol. The van der Waals surface area contributed by atoms with E-state index in [9.17, 15) is 10.2 Å². The lowest BCUT2D eigenvalue weighted by atomic mass is 10.0. The molecule has 0 aliphatic heterocycles. The Morgan fingerprint density at radius 3 is 1.68 bits per heavy atom. The number of nitrogens with zero attached hydrogens (tertiary/aromatic N) is 3. The number of aliphatic hydroxyl groups is 2. The average Bonchev–Trinajstić information content (AvgIpc) is 2.47. The summed E-state index contributed by atoms with van der Waals surface area (Å²) in [6.07, 6.45) is 11.9. The molecule has 0 bridgehead atoms. The van der Waals surface area contributed by atoms with Crippen LogP contribution in [0.1, 0.15) is 24.5 Å². The maximum absolute atomic E-state index is 9.67. The first-order chi connectivity index (χ1) is 10.3. The second kappa shape index (κ2) is 5.59. The summed E-state index contributed by atoms with van der Waals surface area (Å²) in [5.74, 6) is 0.990. The lowest BCUT2D eigenvalue weighted by Crippen LogP contribution is -2.19. The van der Waals surface area contributed by atoms with Crippen LogP contribution in [0.4, 0.5) is 0 Å². The lowest BCUT2D eigenvalue weighted by molar-refractivity contribution is 0.181. The summed E-state index contributed by atoms with van der Waals surface area (Å²) in [6.45, 7) is 0. The standard InChI is InChI=1S/C15H13Cl2N3O2/c16-14(21)5-1-10(2-6-14)12-18-9-19-13(20-12)11-3-7-15(17,22)8-4-11/h1-5,7,9,21-22H,6,8H2. The van der Waals surface area contributed by atoms with Crippen molar-refractivity contribution in [3.8, 4) is 0 Å². The summed E-state index contributed by atoms with van der Waals surface area (Å²) in [6, 6.07) is 0. The van der Waals surface area contributed by atoms with Gasteiger partial charge in [-0.05, 0) is 12.2 Å². The Bertz CT molecular complexity index is 664. The lowest BCUT2D eigenvalue weighted by Gasteiger charge is -2.19. The summed E-state index contributed by atoms with van der Waals surface area (Å²) >= 11 is 11.6. The highest BCUT2D eigenvalue weighted by molar-refractivity contribution is 6.24. The van der Waals surface area contributed by atoms with Gasteiger partial charge in [0.25, 0.3) is 0 Å². The van der Waals surface area contributed by atoms with Crippen LogP contribution in [0.15, 0.2) is 42.8 Å². The molecule has 0 saturated heterocycles. The molecule has 0 amide bonds. The molecule has 5 nitrogen and oxygen atoms in total. The van der Waals surface area contributed by atoms with Gasteiger partial charge in [-0.3, -0.25) is 0 Å². The number of hydrogen-bond donors (Lipinski definition) is 2. The topological polar surface area (TPSA) is 79.1 Å². The maximum atomic E-state index is 9.67. The van der Waals surface area contributed by atoms with E-state index in [0.29, 0.717) is 11.6 Å². The molecule has 2 aliphatic carbocycles. The first-order valence-electron chi connectivity index (χ1n) is 6.66. The molecule has 0 fully saturated rings. The Balaban J connectivity index is 1.86. The van der Waals surface area contributed by atoms with Gasteiger partial charge in [-0.15, -0.1) is 0 Å². The number of hydrogen-bond acceptors (Lipinski definition) is 5. The molecule has 0 saturated carbocycles. The van der Waals surface area contributed by atoms with Crippen molar-refractivity contribution in [2.45, 2.75) is 23.0 Å². The average molecular weight is 338 g/mol. The van der Waals surface area contributed by atoms with Crippen molar-refractivity contribution in [1.82, 2.24) is 15.0 Å². The van der Waals surface area contributed by atoms with Crippen LogP contribution >= 0.6 is 23.2 Å². The van der Waals surface area contributed by atoms with Gasteiger partial charge in [0.2, 0.25) is 0 Å². The van der Waals surface area contributed by atoms with Crippen molar-refractivity contribution in [2.75, 3.05) is 0 Å². The van der Waals surface area contributed by atoms with E-state index in [1.807, 2.05) is 0 Å². The quantitative estimate of drug-likeness (QED) is 0.810. The normalized spacial score (nSPS) is 30.9. The Hall–Kier alpha value is -1.53. The predicted molar refractivity (Wildman–Crippen MR) is 84.9 cm³/mol. The SMILES string of the molecule is OC1(Cl)C=CC(c2ncnc(C3=CCC(O)(Cl)C=C3)n2)=CC1. The molecule has 114 valence electrons. The van der Waals surface area contributed by atoms with Crippen molar-refractivity contribution < 1.29 is 10.2 Å². The van der Waals surface area contributed by atoms with Gasteiger partial charge < -0.3 is 10.2 Å². The fraction of sp³-hybridized carbons (Fsp3) is 0.267. The highest BCUT2D eigenvalue weighted by Gasteiger charge is 2.24. The smallest absolute Gasteiger partial charge is 0.163 e. The van der Waals surface area contributed by atoms with E-state index < -0.39 is 10.1 Å². The summed E-state index contributed by atoms with van der Waals surface area (Å²) < 4.78 is 0. The van der Waals surface area contributed by atoms with Gasteiger partial charge in [-0.2, -0.15) is 0 Å². The molecule has 0 spiro atoms. The van der Waals surface area contributed by atoms with Gasteiger partial charge in [0, 0.05) is 24.0 Å². The van der Waals surface area contributed by atoms with Crippen molar-refractivity contribution in [3.63, 3.8) is 0 Å². The Kier molecular flexibility index (Phi) is 3.91. The maximum Gasteiger partial charge on any atom is 0.163 e. The zero-order valence-corrected chi connectivity index (χ0v) is 13.0. The van der Waals surface area contributed by atoms with Gasteiger partial charge in [-0.25, -0.2) is 15.0 Å². The minimum Gasteiger partial charge on any atom is -0.371 e. The van der Waals surface area contributed by atoms with Gasteiger partial charge in [-0.1, -0.05) is 47.5 Å². The van der Waals surface area contributed by atoms with Crippen molar-refractivity contribution >= 4 is 34.3 Å². The number of aromatic nitrogens is 3. The summed E-state index contributed by atoms with van der Waals surface area (Å²) in [5.41, 5.74) is 1.53. The Morgan fingerprint density at radius 1 is 0.864 bits per heavy atom. The molecule has 0 aromatic carbocycles. The molecule has 3 rings (SSSR count). The first-order valence-corrected chi connectivity index (χ1v) is 7.41. The fourth-order valence-electron chi connectivity index (χ4n) is 2.12. The van der Waals surface area contributed by atoms with Gasteiger partial charge in [0.05, 0.1) is 0 Å². The third-order valence-electron chi connectivity index (χ3n) is 3.34.